The van der Waals surface area contributed by atoms with Crippen molar-refractivity contribution in [2.75, 3.05) is 5.32 Å². The van der Waals surface area contributed by atoms with E-state index in [1.54, 1.807) is 28.8 Å². The summed E-state index contributed by atoms with van der Waals surface area (Å²) in [6, 6.07) is 8.81. The van der Waals surface area contributed by atoms with E-state index in [4.69, 9.17) is 5.26 Å². The summed E-state index contributed by atoms with van der Waals surface area (Å²) < 4.78 is 1.67. The Bertz CT molecular complexity index is 740. The average molecular weight is 301 g/mol. The molecule has 0 aliphatic rings. The zero-order valence-corrected chi connectivity index (χ0v) is 12.4. The third-order valence-corrected chi connectivity index (χ3v) is 3.92. The lowest BCUT2D eigenvalue weighted by Crippen LogP contribution is -2.17. The van der Waals surface area contributed by atoms with Crippen molar-refractivity contribution in [3.63, 3.8) is 0 Å². The Kier molecular flexibility index (Phi) is 4.90. The van der Waals surface area contributed by atoms with E-state index in [9.17, 15) is 9.59 Å². The lowest BCUT2D eigenvalue weighted by Gasteiger charge is -2.06. The molecule has 0 spiro atoms. The van der Waals surface area contributed by atoms with Gasteiger partial charge in [0.2, 0.25) is 5.91 Å². The van der Waals surface area contributed by atoms with E-state index >= 15 is 0 Å². The minimum absolute atomic E-state index is 0.00892. The molecule has 0 atom stereocenters. The van der Waals surface area contributed by atoms with Gasteiger partial charge in [-0.05, 0) is 31.5 Å². The van der Waals surface area contributed by atoms with Crippen LogP contribution in [-0.4, -0.2) is 10.5 Å². The van der Waals surface area contributed by atoms with Crippen LogP contribution in [0.2, 0.25) is 0 Å². The number of thiazole rings is 1. The topological polar surface area (TPSA) is 74.9 Å². The highest BCUT2D eigenvalue weighted by Crippen LogP contribution is 2.10. The molecule has 1 amide bonds. The third-order valence-electron chi connectivity index (χ3n) is 3.04. The summed E-state index contributed by atoms with van der Waals surface area (Å²) in [7, 11) is 0. The number of nitriles is 1. The van der Waals surface area contributed by atoms with Crippen molar-refractivity contribution in [3.8, 4) is 6.07 Å². The highest BCUT2D eigenvalue weighted by Gasteiger charge is 2.06. The Balaban J connectivity index is 1.85. The number of carbonyl (C=O) groups excluding carboxylic acids is 1. The van der Waals surface area contributed by atoms with Gasteiger partial charge in [0.05, 0.1) is 11.6 Å². The Morgan fingerprint density at radius 1 is 1.48 bits per heavy atom. The monoisotopic (exact) mass is 301 g/mol. The Labute approximate surface area is 126 Å². The number of hydrogen-bond acceptors (Lipinski definition) is 4. The second kappa shape index (κ2) is 6.86. The van der Waals surface area contributed by atoms with Crippen molar-refractivity contribution in [3.05, 3.63) is 50.6 Å². The summed E-state index contributed by atoms with van der Waals surface area (Å²) in [5, 5.41) is 13.4. The van der Waals surface area contributed by atoms with Crippen molar-refractivity contribution < 1.29 is 4.79 Å². The molecule has 1 aromatic carbocycles. The molecule has 108 valence electrons. The first-order valence-electron chi connectivity index (χ1n) is 6.55. The van der Waals surface area contributed by atoms with Crippen molar-refractivity contribution in [2.45, 2.75) is 26.3 Å². The molecule has 5 nitrogen and oxygen atoms in total. The van der Waals surface area contributed by atoms with Crippen LogP contribution in [0.5, 0.6) is 0 Å². The molecule has 0 radical (unpaired) electrons. The predicted octanol–water partition coefficient (Wildman–Crippen LogP) is 2.51. The van der Waals surface area contributed by atoms with Crippen molar-refractivity contribution in [1.29, 1.82) is 5.26 Å². The standard InChI is InChI=1S/C15H15N3O2S/c1-11-10-21-15(20)18(11)7-3-6-14(19)17-13-5-2-4-12(8-13)9-16/h2,4-5,8,10H,3,6-7H2,1H3,(H,17,19). The van der Waals surface area contributed by atoms with E-state index in [0.717, 1.165) is 5.69 Å². The highest BCUT2D eigenvalue weighted by molar-refractivity contribution is 7.07. The quantitative estimate of drug-likeness (QED) is 0.922. The highest BCUT2D eigenvalue weighted by atomic mass is 32.1. The zero-order chi connectivity index (χ0) is 15.2. The summed E-state index contributed by atoms with van der Waals surface area (Å²) in [4.78, 5) is 23.4. The lowest BCUT2D eigenvalue weighted by molar-refractivity contribution is -0.116. The molecule has 1 aromatic heterocycles. The number of aromatic nitrogens is 1. The smallest absolute Gasteiger partial charge is 0.307 e. The first-order valence-corrected chi connectivity index (χ1v) is 7.43. The molecule has 1 N–H and O–H groups in total. The van der Waals surface area contributed by atoms with Gasteiger partial charge in [-0.15, -0.1) is 0 Å². The Hall–Kier alpha value is -2.39. The van der Waals surface area contributed by atoms with E-state index in [1.165, 1.54) is 11.3 Å². The van der Waals surface area contributed by atoms with Gasteiger partial charge in [-0.1, -0.05) is 17.4 Å². The Morgan fingerprint density at radius 2 is 2.29 bits per heavy atom. The summed E-state index contributed by atoms with van der Waals surface area (Å²) in [5.74, 6) is -0.119. The molecular formula is C15H15N3O2S. The molecule has 2 aromatic rings. The molecular weight excluding hydrogens is 286 g/mol. The van der Waals surface area contributed by atoms with E-state index < -0.39 is 0 Å². The minimum atomic E-state index is -0.119. The molecule has 21 heavy (non-hydrogen) atoms. The van der Waals surface area contributed by atoms with Crippen LogP contribution >= 0.6 is 11.3 Å². The predicted molar refractivity (Wildman–Crippen MR) is 82.3 cm³/mol. The maximum Gasteiger partial charge on any atom is 0.307 e. The van der Waals surface area contributed by atoms with Crippen LogP contribution in [0, 0.1) is 18.3 Å². The van der Waals surface area contributed by atoms with Gasteiger partial charge in [-0.2, -0.15) is 5.26 Å². The summed E-state index contributed by atoms with van der Waals surface area (Å²) in [5.41, 5.74) is 2.04. The van der Waals surface area contributed by atoms with Gasteiger partial charge in [0, 0.05) is 29.7 Å². The summed E-state index contributed by atoms with van der Waals surface area (Å²) >= 11 is 1.17. The van der Waals surface area contributed by atoms with Gasteiger partial charge in [0.1, 0.15) is 0 Å². The van der Waals surface area contributed by atoms with Crippen molar-refractivity contribution in [2.24, 2.45) is 0 Å². The fourth-order valence-corrected chi connectivity index (χ4v) is 2.72. The summed E-state index contributed by atoms with van der Waals surface area (Å²) in [6.45, 7) is 2.42. The number of benzene rings is 1. The van der Waals surface area contributed by atoms with Gasteiger partial charge < -0.3 is 9.88 Å². The minimum Gasteiger partial charge on any atom is -0.326 e. The average Bonchev–Trinajstić information content (AvgIpc) is 2.79. The van der Waals surface area contributed by atoms with E-state index in [2.05, 4.69) is 5.32 Å². The molecule has 0 bridgehead atoms. The Morgan fingerprint density at radius 3 is 2.95 bits per heavy atom. The van der Waals surface area contributed by atoms with Crippen LogP contribution in [-0.2, 0) is 11.3 Å². The fourth-order valence-electron chi connectivity index (χ4n) is 1.96. The molecule has 0 unspecified atom stereocenters. The molecule has 0 saturated heterocycles. The first-order chi connectivity index (χ1) is 10.1. The van der Waals surface area contributed by atoms with Crippen LogP contribution in [0.4, 0.5) is 5.69 Å². The molecule has 0 saturated carbocycles. The molecule has 0 fully saturated rings. The number of anilines is 1. The van der Waals surface area contributed by atoms with Crippen LogP contribution in [0.15, 0.2) is 34.4 Å². The van der Waals surface area contributed by atoms with Gasteiger partial charge >= 0.3 is 4.87 Å². The first kappa shape index (κ1) is 15.0. The largest absolute Gasteiger partial charge is 0.326 e. The fraction of sp³-hybridized carbons (Fsp3) is 0.267. The maximum atomic E-state index is 11.8. The molecule has 1 heterocycles. The van der Waals surface area contributed by atoms with Gasteiger partial charge in [0.25, 0.3) is 0 Å². The number of rotatable bonds is 5. The van der Waals surface area contributed by atoms with Crippen molar-refractivity contribution in [1.82, 2.24) is 4.57 Å². The van der Waals surface area contributed by atoms with Gasteiger partial charge in [-0.3, -0.25) is 9.59 Å². The van der Waals surface area contributed by atoms with Crippen LogP contribution in [0.3, 0.4) is 0 Å². The van der Waals surface area contributed by atoms with E-state index in [1.807, 2.05) is 18.4 Å². The number of aryl methyl sites for hydroxylation is 1. The lowest BCUT2D eigenvalue weighted by atomic mass is 10.2. The number of carbonyl (C=O) groups is 1. The normalized spacial score (nSPS) is 10.1. The van der Waals surface area contributed by atoms with Crippen molar-refractivity contribution >= 4 is 22.9 Å². The SMILES string of the molecule is Cc1csc(=O)n1CCCC(=O)Nc1cccc(C#N)c1. The van der Waals surface area contributed by atoms with Crippen LogP contribution in [0.1, 0.15) is 24.1 Å². The maximum absolute atomic E-state index is 11.8. The summed E-state index contributed by atoms with van der Waals surface area (Å²) in [6.07, 6.45) is 0.930. The van der Waals surface area contributed by atoms with Crippen LogP contribution in [0.25, 0.3) is 0 Å². The van der Waals surface area contributed by atoms with E-state index in [-0.39, 0.29) is 10.8 Å². The number of amides is 1. The van der Waals surface area contributed by atoms with Gasteiger partial charge in [-0.25, -0.2) is 0 Å². The molecule has 2 rings (SSSR count). The number of nitrogens with one attached hydrogen (secondary N) is 1. The zero-order valence-electron chi connectivity index (χ0n) is 11.6. The molecule has 6 heteroatoms. The second-order valence-electron chi connectivity index (χ2n) is 4.64. The third kappa shape index (κ3) is 4.04. The van der Waals surface area contributed by atoms with Crippen LogP contribution < -0.4 is 10.2 Å². The second-order valence-corrected chi connectivity index (χ2v) is 5.46. The van der Waals surface area contributed by atoms with Gasteiger partial charge in [0.15, 0.2) is 0 Å². The molecule has 0 aliphatic carbocycles. The molecule has 0 aliphatic heterocycles. The number of hydrogen-bond donors (Lipinski definition) is 1. The van der Waals surface area contributed by atoms with E-state index in [0.29, 0.717) is 30.6 Å². The number of nitrogens with zero attached hydrogens (tertiary/aromatic N) is 2.